The van der Waals surface area contributed by atoms with Crippen molar-refractivity contribution in [1.82, 2.24) is 15.0 Å². The van der Waals surface area contributed by atoms with Crippen LogP contribution in [0.15, 0.2) is 73.8 Å². The molecule has 5 nitrogen and oxygen atoms in total. The molecule has 31 heavy (non-hydrogen) atoms. The van der Waals surface area contributed by atoms with Crippen LogP contribution in [-0.2, 0) is 0 Å². The summed E-state index contributed by atoms with van der Waals surface area (Å²) in [5, 5.41) is 0. The number of hydrogen-bond donors (Lipinski definition) is 1. The lowest BCUT2D eigenvalue weighted by molar-refractivity contribution is 0.510. The molecule has 2 N–H and O–H groups in total. The van der Waals surface area contributed by atoms with Gasteiger partial charge in [0.2, 0.25) is 0 Å². The van der Waals surface area contributed by atoms with E-state index < -0.39 is 0 Å². The van der Waals surface area contributed by atoms with E-state index in [1.165, 1.54) is 0 Å². The van der Waals surface area contributed by atoms with E-state index in [0.29, 0.717) is 0 Å². The van der Waals surface area contributed by atoms with Crippen LogP contribution in [0.1, 0.15) is 22.9 Å². The van der Waals surface area contributed by atoms with Gasteiger partial charge < -0.3 is 10.6 Å². The van der Waals surface area contributed by atoms with Gasteiger partial charge in [-0.05, 0) is 48.0 Å². The van der Waals surface area contributed by atoms with Crippen molar-refractivity contribution in [1.29, 1.82) is 0 Å². The second kappa shape index (κ2) is 7.69. The Hall–Kier alpha value is -3.99. The van der Waals surface area contributed by atoms with E-state index in [9.17, 15) is 0 Å². The Morgan fingerprint density at radius 2 is 1.55 bits per heavy atom. The summed E-state index contributed by atoms with van der Waals surface area (Å²) in [6.07, 6.45) is 3.57. The zero-order chi connectivity index (χ0) is 21.4. The van der Waals surface area contributed by atoms with Gasteiger partial charge in [0.25, 0.3) is 0 Å². The molecule has 0 bridgehead atoms. The molecular formula is C26H23N5. The average molecular weight is 406 g/mol. The van der Waals surface area contributed by atoms with Crippen LogP contribution in [0.2, 0.25) is 0 Å². The highest BCUT2D eigenvalue weighted by molar-refractivity contribution is 5.79. The van der Waals surface area contributed by atoms with Crippen LogP contribution in [0.3, 0.4) is 0 Å². The van der Waals surface area contributed by atoms with E-state index in [0.717, 1.165) is 63.8 Å². The largest absolute Gasteiger partial charge is 0.399 e. The molecule has 0 spiro atoms. The van der Waals surface area contributed by atoms with Crippen molar-refractivity contribution < 1.29 is 0 Å². The Balaban J connectivity index is 1.49. The van der Waals surface area contributed by atoms with Crippen molar-refractivity contribution in [2.75, 3.05) is 23.7 Å². The Kier molecular flexibility index (Phi) is 4.71. The molecule has 0 radical (unpaired) electrons. The number of nitrogens with zero attached hydrogens (tertiary/aromatic N) is 4. The third-order valence-corrected chi connectivity index (χ3v) is 5.73. The van der Waals surface area contributed by atoms with Gasteiger partial charge in [-0.1, -0.05) is 43.5 Å². The molecular weight excluding hydrogens is 382 g/mol. The number of nitrogens with two attached hydrogens (primary N) is 1. The van der Waals surface area contributed by atoms with Crippen molar-refractivity contribution in [2.45, 2.75) is 5.92 Å². The summed E-state index contributed by atoms with van der Waals surface area (Å²) < 4.78 is 0. The minimum atomic E-state index is 0.276. The lowest BCUT2D eigenvalue weighted by Gasteiger charge is -2.40. The Labute approximate surface area is 181 Å². The summed E-state index contributed by atoms with van der Waals surface area (Å²) in [7, 11) is 0. The van der Waals surface area contributed by atoms with Crippen molar-refractivity contribution in [3.05, 3.63) is 90.8 Å². The number of para-hydroxylation sites is 2. The zero-order valence-electron chi connectivity index (χ0n) is 17.2. The molecule has 152 valence electrons. The van der Waals surface area contributed by atoms with Gasteiger partial charge in [0, 0.05) is 30.3 Å². The SMILES string of the molecule is C=Cc1ccc(N2CC(c3nc4ccccc4nc3-c3ccc(N)cc3)C2)nc1C=C. The summed E-state index contributed by atoms with van der Waals surface area (Å²) in [5.74, 6) is 1.22. The van der Waals surface area contributed by atoms with E-state index in [1.54, 1.807) is 12.2 Å². The first-order valence-electron chi connectivity index (χ1n) is 10.3. The molecule has 3 heterocycles. The molecule has 0 amide bonds. The molecule has 5 heteroatoms. The predicted molar refractivity (Wildman–Crippen MR) is 129 cm³/mol. The van der Waals surface area contributed by atoms with Crippen molar-refractivity contribution >= 4 is 34.7 Å². The monoisotopic (exact) mass is 405 g/mol. The fourth-order valence-electron chi connectivity index (χ4n) is 3.98. The van der Waals surface area contributed by atoms with Gasteiger partial charge in [-0.2, -0.15) is 0 Å². The first-order valence-corrected chi connectivity index (χ1v) is 10.3. The number of benzene rings is 2. The number of aromatic nitrogens is 3. The molecule has 1 fully saturated rings. The molecule has 1 aliphatic rings. The van der Waals surface area contributed by atoms with E-state index >= 15 is 0 Å². The van der Waals surface area contributed by atoms with Crippen LogP contribution in [0.25, 0.3) is 34.4 Å². The van der Waals surface area contributed by atoms with Crippen LogP contribution in [-0.4, -0.2) is 28.0 Å². The number of rotatable bonds is 5. The van der Waals surface area contributed by atoms with E-state index in [-0.39, 0.29) is 5.92 Å². The molecule has 0 saturated carbocycles. The van der Waals surface area contributed by atoms with E-state index in [2.05, 4.69) is 18.1 Å². The molecule has 0 unspecified atom stereocenters. The second-order valence-corrected chi connectivity index (χ2v) is 7.72. The summed E-state index contributed by atoms with van der Waals surface area (Å²) in [4.78, 5) is 17.0. The van der Waals surface area contributed by atoms with Gasteiger partial charge in [-0.25, -0.2) is 15.0 Å². The number of fused-ring (bicyclic) bond motifs is 1. The summed E-state index contributed by atoms with van der Waals surface area (Å²) in [5.41, 5.74) is 13.3. The topological polar surface area (TPSA) is 67.9 Å². The normalized spacial score (nSPS) is 13.7. The molecule has 5 rings (SSSR count). The summed E-state index contributed by atoms with van der Waals surface area (Å²) >= 11 is 0. The zero-order valence-corrected chi connectivity index (χ0v) is 17.2. The highest BCUT2D eigenvalue weighted by Gasteiger charge is 2.33. The maximum Gasteiger partial charge on any atom is 0.129 e. The van der Waals surface area contributed by atoms with Gasteiger partial charge in [0.15, 0.2) is 0 Å². The molecule has 1 aliphatic heterocycles. The minimum absolute atomic E-state index is 0.276. The summed E-state index contributed by atoms with van der Waals surface area (Å²) in [6, 6.07) is 19.9. The molecule has 2 aromatic heterocycles. The number of anilines is 2. The van der Waals surface area contributed by atoms with Crippen LogP contribution in [0.4, 0.5) is 11.5 Å². The van der Waals surface area contributed by atoms with Gasteiger partial charge in [0.05, 0.1) is 28.1 Å². The van der Waals surface area contributed by atoms with E-state index in [1.807, 2.05) is 60.7 Å². The Morgan fingerprint density at radius 3 is 2.23 bits per heavy atom. The smallest absolute Gasteiger partial charge is 0.129 e. The van der Waals surface area contributed by atoms with Crippen molar-refractivity contribution in [3.8, 4) is 11.3 Å². The van der Waals surface area contributed by atoms with Crippen LogP contribution >= 0.6 is 0 Å². The highest BCUT2D eigenvalue weighted by atomic mass is 15.2. The van der Waals surface area contributed by atoms with Gasteiger partial charge in [0.1, 0.15) is 5.82 Å². The lowest BCUT2D eigenvalue weighted by Crippen LogP contribution is -2.46. The third kappa shape index (κ3) is 3.44. The number of hydrogen-bond acceptors (Lipinski definition) is 5. The van der Waals surface area contributed by atoms with Crippen LogP contribution in [0.5, 0.6) is 0 Å². The van der Waals surface area contributed by atoms with Gasteiger partial charge >= 0.3 is 0 Å². The highest BCUT2D eigenvalue weighted by Crippen LogP contribution is 2.36. The van der Waals surface area contributed by atoms with E-state index in [4.69, 9.17) is 20.7 Å². The maximum absolute atomic E-state index is 5.89. The van der Waals surface area contributed by atoms with Crippen molar-refractivity contribution in [3.63, 3.8) is 0 Å². The van der Waals surface area contributed by atoms with Crippen LogP contribution in [0, 0.1) is 0 Å². The molecule has 4 aromatic rings. The fourth-order valence-corrected chi connectivity index (χ4v) is 3.98. The summed E-state index contributed by atoms with van der Waals surface area (Å²) in [6.45, 7) is 9.39. The standard InChI is InChI=1S/C26H23N5/c1-3-17-11-14-24(28-21(17)4-2)31-15-19(16-31)26-25(18-9-12-20(27)13-10-18)29-22-7-5-6-8-23(22)30-26/h3-14,19H,1-2,15-16,27H2. The molecule has 0 aliphatic carbocycles. The fraction of sp³-hybridized carbons (Fsp3) is 0.115. The van der Waals surface area contributed by atoms with Crippen molar-refractivity contribution in [2.24, 2.45) is 0 Å². The molecule has 0 atom stereocenters. The molecule has 1 saturated heterocycles. The van der Waals surface area contributed by atoms with Gasteiger partial charge in [-0.15, -0.1) is 0 Å². The maximum atomic E-state index is 5.89. The Bertz CT molecular complexity index is 1290. The lowest BCUT2D eigenvalue weighted by atomic mass is 9.92. The first-order chi connectivity index (χ1) is 15.2. The second-order valence-electron chi connectivity index (χ2n) is 7.72. The van der Waals surface area contributed by atoms with Gasteiger partial charge in [-0.3, -0.25) is 0 Å². The quantitative estimate of drug-likeness (QED) is 0.464. The average Bonchev–Trinajstić information content (AvgIpc) is 2.78. The Morgan fingerprint density at radius 1 is 0.839 bits per heavy atom. The number of pyridine rings is 1. The first kappa shape index (κ1) is 19.0. The van der Waals surface area contributed by atoms with Crippen LogP contribution < -0.4 is 10.6 Å². The minimum Gasteiger partial charge on any atom is -0.399 e. The molecule has 2 aromatic carbocycles. The number of nitrogen functional groups attached to an aromatic ring is 1. The third-order valence-electron chi connectivity index (χ3n) is 5.73. The predicted octanol–water partition coefficient (Wildman–Crippen LogP) is 5.16.